The van der Waals surface area contributed by atoms with Gasteiger partial charge in [0.05, 0.1) is 5.56 Å². The van der Waals surface area contributed by atoms with Gasteiger partial charge < -0.3 is 4.98 Å². The van der Waals surface area contributed by atoms with Crippen LogP contribution in [0.15, 0.2) is 59.4 Å². The van der Waals surface area contributed by atoms with Gasteiger partial charge in [0.1, 0.15) is 11.6 Å². The van der Waals surface area contributed by atoms with Gasteiger partial charge in [0.25, 0.3) is 5.56 Å². The lowest BCUT2D eigenvalue weighted by molar-refractivity contribution is -0.137. The lowest BCUT2D eigenvalue weighted by Crippen LogP contribution is -2.12. The van der Waals surface area contributed by atoms with Gasteiger partial charge in [0.15, 0.2) is 0 Å². The molecule has 0 fully saturated rings. The van der Waals surface area contributed by atoms with Crippen LogP contribution in [0.2, 0.25) is 5.02 Å². The monoisotopic (exact) mass is 374 g/mol. The molecule has 130 valence electrons. The summed E-state index contributed by atoms with van der Waals surface area (Å²) in [6.07, 6.45) is -4.44. The number of aromatic nitrogens is 1. The van der Waals surface area contributed by atoms with E-state index in [0.717, 1.165) is 12.1 Å². The quantitative estimate of drug-likeness (QED) is 0.665. The largest absolute Gasteiger partial charge is 0.416 e. The molecule has 0 aliphatic rings. The van der Waals surface area contributed by atoms with Crippen LogP contribution in [0.4, 0.5) is 13.2 Å². The Kier molecular flexibility index (Phi) is 4.58. The van der Waals surface area contributed by atoms with E-state index in [0.29, 0.717) is 27.4 Å². The second-order valence-corrected chi connectivity index (χ2v) is 5.93. The third-order valence-electron chi connectivity index (χ3n) is 3.82. The van der Waals surface area contributed by atoms with Crippen LogP contribution in [0.1, 0.15) is 11.1 Å². The maximum absolute atomic E-state index is 12.7. The fraction of sp³-hybridized carbons (Fsp3) is 0.0526. The third-order valence-corrected chi connectivity index (χ3v) is 4.08. The van der Waals surface area contributed by atoms with E-state index in [1.807, 2.05) is 6.07 Å². The predicted octanol–water partition coefficient (Wildman–Crippen LogP) is 5.25. The molecule has 0 saturated heterocycles. The first-order chi connectivity index (χ1) is 12.3. The Labute approximate surface area is 151 Å². The van der Waals surface area contributed by atoms with Crippen molar-refractivity contribution in [1.29, 1.82) is 5.26 Å². The van der Waals surface area contributed by atoms with Crippen molar-refractivity contribution in [3.63, 3.8) is 0 Å². The summed E-state index contributed by atoms with van der Waals surface area (Å²) in [6.45, 7) is 0. The van der Waals surface area contributed by atoms with Crippen LogP contribution in [-0.2, 0) is 6.18 Å². The molecule has 7 heteroatoms. The molecule has 1 heterocycles. The Morgan fingerprint density at radius 1 is 0.962 bits per heavy atom. The molecule has 26 heavy (non-hydrogen) atoms. The number of hydrogen-bond donors (Lipinski definition) is 1. The van der Waals surface area contributed by atoms with Crippen molar-refractivity contribution < 1.29 is 13.2 Å². The lowest BCUT2D eigenvalue weighted by Gasteiger charge is -2.10. The number of alkyl halides is 3. The van der Waals surface area contributed by atoms with Gasteiger partial charge in [0, 0.05) is 16.3 Å². The summed E-state index contributed by atoms with van der Waals surface area (Å²) < 4.78 is 38.1. The molecule has 0 saturated carbocycles. The van der Waals surface area contributed by atoms with E-state index in [1.165, 1.54) is 12.1 Å². The maximum Gasteiger partial charge on any atom is 0.416 e. The van der Waals surface area contributed by atoms with Gasteiger partial charge in [-0.1, -0.05) is 35.9 Å². The summed E-state index contributed by atoms with van der Waals surface area (Å²) >= 11 is 5.86. The highest BCUT2D eigenvalue weighted by molar-refractivity contribution is 6.30. The first kappa shape index (κ1) is 17.8. The van der Waals surface area contributed by atoms with Gasteiger partial charge in [-0.15, -0.1) is 0 Å². The van der Waals surface area contributed by atoms with Crippen molar-refractivity contribution in [3.8, 4) is 28.5 Å². The minimum Gasteiger partial charge on any atom is -0.321 e. The summed E-state index contributed by atoms with van der Waals surface area (Å²) in [6, 6.07) is 14.4. The molecular weight excluding hydrogens is 365 g/mol. The molecule has 0 aliphatic heterocycles. The Balaban J connectivity index is 2.14. The molecule has 0 amide bonds. The topological polar surface area (TPSA) is 56.6 Å². The molecule has 3 nitrogen and oxygen atoms in total. The van der Waals surface area contributed by atoms with Crippen molar-refractivity contribution in [3.05, 3.63) is 81.1 Å². The summed E-state index contributed by atoms with van der Waals surface area (Å²) in [5, 5.41) is 9.78. The predicted molar refractivity (Wildman–Crippen MR) is 92.7 cm³/mol. The molecule has 1 aromatic heterocycles. The van der Waals surface area contributed by atoms with Gasteiger partial charge in [-0.3, -0.25) is 4.79 Å². The number of nitriles is 1. The SMILES string of the molecule is N#Cc1c(-c2ccc(Cl)cc2)cc(-c2ccc(C(F)(F)F)cc2)[nH]c1=O. The summed E-state index contributed by atoms with van der Waals surface area (Å²) in [5.74, 6) is 0. The zero-order valence-corrected chi connectivity index (χ0v) is 13.8. The Morgan fingerprint density at radius 2 is 1.54 bits per heavy atom. The van der Waals surface area contributed by atoms with E-state index in [1.54, 1.807) is 30.3 Å². The first-order valence-electron chi connectivity index (χ1n) is 7.40. The molecule has 0 aliphatic carbocycles. The molecule has 3 aromatic rings. The number of H-pyrrole nitrogens is 1. The molecule has 3 rings (SSSR count). The minimum absolute atomic E-state index is 0.0806. The van der Waals surface area contributed by atoms with Gasteiger partial charge in [-0.25, -0.2) is 0 Å². The van der Waals surface area contributed by atoms with Crippen molar-refractivity contribution in [2.45, 2.75) is 6.18 Å². The van der Waals surface area contributed by atoms with Crippen molar-refractivity contribution in [2.75, 3.05) is 0 Å². The molecule has 2 aromatic carbocycles. The number of nitrogens with one attached hydrogen (secondary N) is 1. The van der Waals surface area contributed by atoms with Crippen molar-refractivity contribution in [1.82, 2.24) is 4.98 Å². The highest BCUT2D eigenvalue weighted by atomic mass is 35.5. The minimum atomic E-state index is -4.44. The van der Waals surface area contributed by atoms with Crippen LogP contribution in [0.25, 0.3) is 22.4 Å². The van der Waals surface area contributed by atoms with Crippen LogP contribution < -0.4 is 5.56 Å². The first-order valence-corrected chi connectivity index (χ1v) is 7.78. The lowest BCUT2D eigenvalue weighted by atomic mass is 9.99. The fourth-order valence-electron chi connectivity index (χ4n) is 2.52. The van der Waals surface area contributed by atoms with Gasteiger partial charge in [-0.2, -0.15) is 18.4 Å². The van der Waals surface area contributed by atoms with Crippen molar-refractivity contribution in [2.24, 2.45) is 0 Å². The average Bonchev–Trinajstić information content (AvgIpc) is 2.61. The van der Waals surface area contributed by atoms with Gasteiger partial charge in [-0.05, 0) is 41.5 Å². The van der Waals surface area contributed by atoms with E-state index >= 15 is 0 Å². The van der Waals surface area contributed by atoms with E-state index < -0.39 is 17.3 Å². The molecule has 0 atom stereocenters. The van der Waals surface area contributed by atoms with Crippen LogP contribution in [0.5, 0.6) is 0 Å². The van der Waals surface area contributed by atoms with Gasteiger partial charge >= 0.3 is 6.18 Å². The number of halogens is 4. The summed E-state index contributed by atoms with van der Waals surface area (Å²) in [5.41, 5.74) is 0.212. The molecule has 0 unspecified atom stereocenters. The molecular formula is C19H10ClF3N2O. The number of aromatic amines is 1. The summed E-state index contributed by atoms with van der Waals surface area (Å²) in [4.78, 5) is 14.8. The zero-order chi connectivity index (χ0) is 18.9. The van der Waals surface area contributed by atoms with E-state index in [2.05, 4.69) is 4.98 Å². The highest BCUT2D eigenvalue weighted by Crippen LogP contribution is 2.31. The average molecular weight is 375 g/mol. The number of pyridine rings is 1. The Bertz CT molecular complexity index is 1050. The number of hydrogen-bond acceptors (Lipinski definition) is 2. The van der Waals surface area contributed by atoms with E-state index in [4.69, 9.17) is 11.6 Å². The van der Waals surface area contributed by atoms with Crippen LogP contribution in [-0.4, -0.2) is 4.98 Å². The molecule has 1 N–H and O–H groups in total. The second-order valence-electron chi connectivity index (χ2n) is 5.49. The zero-order valence-electron chi connectivity index (χ0n) is 13.1. The number of rotatable bonds is 2. The van der Waals surface area contributed by atoms with Crippen molar-refractivity contribution >= 4 is 11.6 Å². The smallest absolute Gasteiger partial charge is 0.321 e. The highest BCUT2D eigenvalue weighted by Gasteiger charge is 2.30. The standard InChI is InChI=1S/C19H10ClF3N2O/c20-14-7-3-11(4-8-14)15-9-17(25-18(26)16(15)10-24)12-1-5-13(6-2-12)19(21,22)23/h1-9H,(H,25,26). The van der Waals surface area contributed by atoms with Crippen LogP contribution in [0, 0.1) is 11.3 Å². The third kappa shape index (κ3) is 3.48. The normalized spacial score (nSPS) is 11.2. The molecule has 0 radical (unpaired) electrons. The summed E-state index contributed by atoms with van der Waals surface area (Å²) in [7, 11) is 0. The van der Waals surface area contributed by atoms with E-state index in [-0.39, 0.29) is 5.56 Å². The van der Waals surface area contributed by atoms with Crippen LogP contribution in [0.3, 0.4) is 0 Å². The fourth-order valence-corrected chi connectivity index (χ4v) is 2.65. The second kappa shape index (κ2) is 6.70. The molecule has 0 bridgehead atoms. The number of benzene rings is 2. The molecule has 0 spiro atoms. The van der Waals surface area contributed by atoms with Gasteiger partial charge in [0.2, 0.25) is 0 Å². The maximum atomic E-state index is 12.7. The van der Waals surface area contributed by atoms with E-state index in [9.17, 15) is 23.2 Å². The van der Waals surface area contributed by atoms with Crippen LogP contribution >= 0.6 is 11.6 Å². The Morgan fingerprint density at radius 3 is 2.08 bits per heavy atom. The number of nitrogens with zero attached hydrogens (tertiary/aromatic N) is 1. The Hall–Kier alpha value is -3.04.